The Hall–Kier alpha value is -1.95. The Bertz CT molecular complexity index is 502. The minimum atomic E-state index is -0.501. The van der Waals surface area contributed by atoms with Gasteiger partial charge in [0.1, 0.15) is 0 Å². The molecule has 0 saturated heterocycles. The van der Waals surface area contributed by atoms with Gasteiger partial charge in [0.05, 0.1) is 14.2 Å². The highest BCUT2D eigenvalue weighted by Gasteiger charge is 2.25. The molecule has 0 radical (unpaired) electrons. The van der Waals surface area contributed by atoms with Gasteiger partial charge in [-0.25, -0.2) is 9.86 Å². The maximum atomic E-state index is 11.4. The van der Waals surface area contributed by atoms with Gasteiger partial charge in [0.15, 0.2) is 11.5 Å². The van der Waals surface area contributed by atoms with Gasteiger partial charge >= 0.3 is 6.03 Å². The molecule has 0 aromatic heterocycles. The van der Waals surface area contributed by atoms with Gasteiger partial charge in [-0.1, -0.05) is 0 Å². The number of ether oxygens (including phenoxy) is 2. The number of rotatable bonds is 4. The molecular formula is C14H20N2O4. The highest BCUT2D eigenvalue weighted by Crippen LogP contribution is 2.40. The Morgan fingerprint density at radius 3 is 2.65 bits per heavy atom. The predicted molar refractivity (Wildman–Crippen MR) is 73.6 cm³/mol. The van der Waals surface area contributed by atoms with Crippen LogP contribution in [0, 0.1) is 0 Å². The average Bonchev–Trinajstić information content (AvgIpc) is 2.84. The van der Waals surface area contributed by atoms with E-state index in [2.05, 4.69) is 5.32 Å². The monoisotopic (exact) mass is 280 g/mol. The molecule has 1 aliphatic rings. The molecule has 2 rings (SSSR count). The normalized spacial score (nSPS) is 16.5. The molecule has 1 unspecified atom stereocenters. The maximum Gasteiger partial charge on any atom is 0.340 e. The molecule has 0 fully saturated rings. The molecule has 0 bridgehead atoms. The molecule has 1 atom stereocenters. The van der Waals surface area contributed by atoms with Crippen molar-refractivity contribution in [3.63, 3.8) is 0 Å². The van der Waals surface area contributed by atoms with Crippen molar-refractivity contribution < 1.29 is 19.5 Å². The van der Waals surface area contributed by atoms with Crippen LogP contribution in [0.4, 0.5) is 4.79 Å². The number of benzene rings is 1. The van der Waals surface area contributed by atoms with Gasteiger partial charge in [-0.15, -0.1) is 0 Å². The second-order valence-electron chi connectivity index (χ2n) is 4.85. The number of hydroxylamine groups is 2. The number of hydrogen-bond acceptors (Lipinski definition) is 4. The first-order valence-corrected chi connectivity index (χ1v) is 6.52. The smallest absolute Gasteiger partial charge is 0.340 e. The molecule has 110 valence electrons. The summed E-state index contributed by atoms with van der Waals surface area (Å²) >= 11 is 0. The lowest BCUT2D eigenvalue weighted by atomic mass is 10.0. The molecule has 1 aliphatic carbocycles. The van der Waals surface area contributed by atoms with E-state index in [1.54, 1.807) is 14.2 Å². The third kappa shape index (κ3) is 2.80. The van der Waals surface area contributed by atoms with E-state index in [-0.39, 0.29) is 5.92 Å². The number of carbonyl (C=O) groups is 1. The van der Waals surface area contributed by atoms with Gasteiger partial charge in [-0.3, -0.25) is 5.21 Å². The van der Waals surface area contributed by atoms with Crippen LogP contribution in [0.15, 0.2) is 12.1 Å². The van der Waals surface area contributed by atoms with Crippen LogP contribution in [-0.2, 0) is 6.42 Å². The fourth-order valence-electron chi connectivity index (χ4n) is 2.56. The average molecular weight is 280 g/mol. The quantitative estimate of drug-likeness (QED) is 0.651. The Labute approximate surface area is 118 Å². The molecule has 20 heavy (non-hydrogen) atoms. The van der Waals surface area contributed by atoms with Gasteiger partial charge in [-0.05, 0) is 36.1 Å². The zero-order valence-electron chi connectivity index (χ0n) is 12.0. The highest BCUT2D eigenvalue weighted by atomic mass is 16.5. The Morgan fingerprint density at radius 2 is 2.05 bits per heavy atom. The van der Waals surface area contributed by atoms with Gasteiger partial charge in [-0.2, -0.15) is 0 Å². The van der Waals surface area contributed by atoms with Gasteiger partial charge in [0, 0.05) is 19.5 Å². The molecule has 0 spiro atoms. The SMILES string of the molecule is COc1cc2c(cc1OC)C(CNC(=O)N(C)O)CC2. The molecule has 6 heteroatoms. The van der Waals surface area contributed by atoms with Crippen molar-refractivity contribution in [2.45, 2.75) is 18.8 Å². The molecule has 1 aromatic rings. The molecule has 6 nitrogen and oxygen atoms in total. The Kier molecular flexibility index (Phi) is 4.34. The van der Waals surface area contributed by atoms with Crippen molar-refractivity contribution in [2.24, 2.45) is 0 Å². The largest absolute Gasteiger partial charge is 0.493 e. The lowest BCUT2D eigenvalue weighted by Crippen LogP contribution is -2.37. The van der Waals surface area contributed by atoms with E-state index in [1.165, 1.54) is 18.2 Å². The molecule has 0 aliphatic heterocycles. The van der Waals surface area contributed by atoms with E-state index in [1.807, 2.05) is 12.1 Å². The first-order chi connectivity index (χ1) is 9.56. The van der Waals surface area contributed by atoms with E-state index < -0.39 is 6.03 Å². The summed E-state index contributed by atoms with van der Waals surface area (Å²) in [7, 11) is 4.52. The van der Waals surface area contributed by atoms with Crippen LogP contribution in [0.5, 0.6) is 11.5 Å². The molecule has 2 N–H and O–H groups in total. The summed E-state index contributed by atoms with van der Waals surface area (Å²) in [5, 5.41) is 12.3. The van der Waals surface area contributed by atoms with Crippen molar-refractivity contribution in [3.05, 3.63) is 23.3 Å². The van der Waals surface area contributed by atoms with Gasteiger partial charge in [0.2, 0.25) is 0 Å². The van der Waals surface area contributed by atoms with Gasteiger partial charge < -0.3 is 14.8 Å². The molecule has 0 saturated carbocycles. The van der Waals surface area contributed by atoms with E-state index >= 15 is 0 Å². The summed E-state index contributed by atoms with van der Waals surface area (Å²) in [4.78, 5) is 11.4. The number of aryl methyl sites for hydroxylation is 1. The summed E-state index contributed by atoms with van der Waals surface area (Å²) in [5.41, 5.74) is 2.39. The fourth-order valence-corrected chi connectivity index (χ4v) is 2.56. The number of nitrogens with one attached hydrogen (secondary N) is 1. The van der Waals surface area contributed by atoms with Gasteiger partial charge in [0.25, 0.3) is 0 Å². The summed E-state index contributed by atoms with van der Waals surface area (Å²) in [6.45, 7) is 0.492. The third-order valence-electron chi connectivity index (χ3n) is 3.64. The first-order valence-electron chi connectivity index (χ1n) is 6.52. The number of nitrogens with zero attached hydrogens (tertiary/aromatic N) is 1. The van der Waals surface area contributed by atoms with E-state index in [4.69, 9.17) is 14.7 Å². The lowest BCUT2D eigenvalue weighted by Gasteiger charge is -2.16. The van der Waals surface area contributed by atoms with Crippen molar-refractivity contribution in [2.75, 3.05) is 27.8 Å². The lowest BCUT2D eigenvalue weighted by molar-refractivity contribution is -0.0183. The van der Waals surface area contributed by atoms with Crippen LogP contribution in [0.1, 0.15) is 23.5 Å². The van der Waals surface area contributed by atoms with Crippen molar-refractivity contribution in [3.8, 4) is 11.5 Å². The van der Waals surface area contributed by atoms with Crippen molar-refractivity contribution >= 4 is 6.03 Å². The number of hydrogen-bond donors (Lipinski definition) is 2. The summed E-state index contributed by atoms with van der Waals surface area (Å²) in [5.74, 6) is 1.66. The Morgan fingerprint density at radius 1 is 1.40 bits per heavy atom. The molecule has 1 aromatic carbocycles. The number of urea groups is 1. The van der Waals surface area contributed by atoms with E-state index in [9.17, 15) is 4.79 Å². The number of methoxy groups -OCH3 is 2. The standard InChI is InChI=1S/C14H20N2O4/c1-16(18)14(17)15-8-10-5-4-9-6-12(19-2)13(20-3)7-11(9)10/h6-7,10,18H,4-5,8H2,1-3H3,(H,15,17). The molecule has 2 amide bonds. The number of fused-ring (bicyclic) bond motifs is 1. The van der Waals surface area contributed by atoms with Crippen molar-refractivity contribution in [1.29, 1.82) is 0 Å². The second-order valence-corrected chi connectivity index (χ2v) is 4.85. The number of amides is 2. The zero-order valence-corrected chi connectivity index (χ0v) is 12.0. The summed E-state index contributed by atoms with van der Waals surface area (Å²) in [6.07, 6.45) is 1.91. The second kappa shape index (κ2) is 6.00. The minimum Gasteiger partial charge on any atom is -0.493 e. The number of carbonyl (C=O) groups excluding carboxylic acids is 1. The van der Waals surface area contributed by atoms with Crippen LogP contribution in [0.3, 0.4) is 0 Å². The first kappa shape index (κ1) is 14.5. The van der Waals surface area contributed by atoms with Crippen LogP contribution in [0.2, 0.25) is 0 Å². The fraction of sp³-hybridized carbons (Fsp3) is 0.500. The van der Waals surface area contributed by atoms with Crippen LogP contribution in [0.25, 0.3) is 0 Å². The minimum absolute atomic E-state index is 0.230. The molecular weight excluding hydrogens is 260 g/mol. The zero-order chi connectivity index (χ0) is 14.7. The predicted octanol–water partition coefficient (Wildman–Crippen LogP) is 1.76. The molecule has 0 heterocycles. The van der Waals surface area contributed by atoms with Crippen LogP contribution in [-0.4, -0.2) is 44.1 Å². The summed E-state index contributed by atoms with van der Waals surface area (Å²) in [6, 6.07) is 3.47. The topological polar surface area (TPSA) is 71.0 Å². The maximum absolute atomic E-state index is 11.4. The van der Waals surface area contributed by atoms with Crippen molar-refractivity contribution in [1.82, 2.24) is 10.4 Å². The Balaban J connectivity index is 2.13. The third-order valence-corrected chi connectivity index (χ3v) is 3.64. The van der Waals surface area contributed by atoms with E-state index in [0.717, 1.165) is 18.6 Å². The summed E-state index contributed by atoms with van der Waals surface area (Å²) < 4.78 is 10.6. The van der Waals surface area contributed by atoms with Crippen LogP contribution < -0.4 is 14.8 Å². The van der Waals surface area contributed by atoms with E-state index in [0.29, 0.717) is 17.4 Å². The van der Waals surface area contributed by atoms with Crippen LogP contribution >= 0.6 is 0 Å². The highest BCUT2D eigenvalue weighted by molar-refractivity contribution is 5.72.